The number of piperazine rings is 1. The zero-order valence-electron chi connectivity index (χ0n) is 12.8. The summed E-state index contributed by atoms with van der Waals surface area (Å²) in [6, 6.07) is 5.62. The summed E-state index contributed by atoms with van der Waals surface area (Å²) in [6.07, 6.45) is 4.15. The predicted molar refractivity (Wildman–Crippen MR) is 80.6 cm³/mol. The lowest BCUT2D eigenvalue weighted by Crippen LogP contribution is -2.58. The van der Waals surface area contributed by atoms with Gasteiger partial charge in [-0.3, -0.25) is 9.80 Å². The molecule has 2 fully saturated rings. The van der Waals surface area contributed by atoms with Crippen molar-refractivity contribution in [1.29, 1.82) is 0 Å². The van der Waals surface area contributed by atoms with E-state index in [4.69, 9.17) is 4.42 Å². The van der Waals surface area contributed by atoms with Crippen LogP contribution in [-0.2, 0) is 13.1 Å². The lowest BCUT2D eigenvalue weighted by Gasteiger charge is -2.47. The van der Waals surface area contributed by atoms with Gasteiger partial charge in [-0.05, 0) is 45.5 Å². The van der Waals surface area contributed by atoms with Crippen LogP contribution in [0, 0.1) is 0 Å². The summed E-state index contributed by atoms with van der Waals surface area (Å²) < 4.78 is 5.89. The molecule has 2 saturated heterocycles. The fraction of sp³-hybridized carbons (Fsp3) is 0.750. The molecule has 4 heteroatoms. The van der Waals surface area contributed by atoms with Crippen LogP contribution in [0.15, 0.2) is 16.5 Å². The number of hydrogen-bond donors (Lipinski definition) is 1. The Morgan fingerprint density at radius 3 is 2.95 bits per heavy atom. The second-order valence-electron chi connectivity index (χ2n) is 6.32. The molecular formula is C16H27N3O. The van der Waals surface area contributed by atoms with E-state index in [0.717, 1.165) is 30.7 Å². The molecule has 20 heavy (non-hydrogen) atoms. The summed E-state index contributed by atoms with van der Waals surface area (Å²) in [6.45, 7) is 7.83. The third-order valence-electron chi connectivity index (χ3n) is 4.74. The van der Waals surface area contributed by atoms with E-state index in [1.165, 1.54) is 38.9 Å². The van der Waals surface area contributed by atoms with Gasteiger partial charge in [0.15, 0.2) is 0 Å². The molecule has 0 aliphatic carbocycles. The van der Waals surface area contributed by atoms with E-state index in [1.54, 1.807) is 0 Å². The standard InChI is InChI=1S/C16H27N3O/c1-13-10-18-8-4-3-5-14(18)11-19(13)12-16-7-6-15(20-16)9-17-2/h6-7,13-14,17H,3-5,8-12H2,1-2H3. The topological polar surface area (TPSA) is 31.6 Å². The summed E-state index contributed by atoms with van der Waals surface area (Å²) in [5.41, 5.74) is 0. The fourth-order valence-corrected chi connectivity index (χ4v) is 3.61. The van der Waals surface area contributed by atoms with Crippen molar-refractivity contribution in [2.24, 2.45) is 0 Å². The molecule has 2 aliphatic rings. The summed E-state index contributed by atoms with van der Waals surface area (Å²) in [5.74, 6) is 2.14. The largest absolute Gasteiger partial charge is 0.463 e. The third kappa shape index (κ3) is 3.08. The maximum Gasteiger partial charge on any atom is 0.118 e. The van der Waals surface area contributed by atoms with E-state index >= 15 is 0 Å². The first-order valence-corrected chi connectivity index (χ1v) is 7.96. The number of nitrogens with one attached hydrogen (secondary N) is 1. The maximum atomic E-state index is 5.89. The van der Waals surface area contributed by atoms with Crippen LogP contribution >= 0.6 is 0 Å². The zero-order chi connectivity index (χ0) is 13.9. The van der Waals surface area contributed by atoms with Crippen molar-refractivity contribution in [1.82, 2.24) is 15.1 Å². The SMILES string of the molecule is CNCc1ccc(CN2CC3CCCCN3CC2C)o1. The van der Waals surface area contributed by atoms with E-state index in [0.29, 0.717) is 6.04 Å². The minimum atomic E-state index is 0.627. The van der Waals surface area contributed by atoms with Gasteiger partial charge < -0.3 is 9.73 Å². The van der Waals surface area contributed by atoms with E-state index in [9.17, 15) is 0 Å². The number of piperidine rings is 1. The zero-order valence-corrected chi connectivity index (χ0v) is 12.8. The first-order valence-electron chi connectivity index (χ1n) is 7.96. The molecule has 112 valence electrons. The Morgan fingerprint density at radius 1 is 1.25 bits per heavy atom. The first-order chi connectivity index (χ1) is 9.76. The van der Waals surface area contributed by atoms with Gasteiger partial charge in [-0.15, -0.1) is 0 Å². The summed E-state index contributed by atoms with van der Waals surface area (Å²) in [7, 11) is 1.95. The van der Waals surface area contributed by atoms with Gasteiger partial charge in [0.2, 0.25) is 0 Å². The average molecular weight is 277 g/mol. The van der Waals surface area contributed by atoms with Gasteiger partial charge in [-0.2, -0.15) is 0 Å². The number of fused-ring (bicyclic) bond motifs is 1. The van der Waals surface area contributed by atoms with Gasteiger partial charge in [0.1, 0.15) is 11.5 Å². The van der Waals surface area contributed by atoms with Crippen molar-refractivity contribution in [2.45, 2.75) is 51.4 Å². The molecule has 2 unspecified atom stereocenters. The van der Waals surface area contributed by atoms with Crippen molar-refractivity contribution >= 4 is 0 Å². The second-order valence-corrected chi connectivity index (χ2v) is 6.32. The molecule has 0 amide bonds. The summed E-state index contributed by atoms with van der Waals surface area (Å²) in [5, 5.41) is 3.13. The molecule has 2 atom stereocenters. The summed E-state index contributed by atoms with van der Waals surface area (Å²) in [4.78, 5) is 5.29. The second kappa shape index (κ2) is 6.29. The van der Waals surface area contributed by atoms with Crippen LogP contribution in [0.5, 0.6) is 0 Å². The first kappa shape index (κ1) is 14.1. The van der Waals surface area contributed by atoms with Crippen LogP contribution in [0.3, 0.4) is 0 Å². The van der Waals surface area contributed by atoms with Crippen LogP contribution in [0.2, 0.25) is 0 Å². The molecule has 2 aliphatic heterocycles. The molecular weight excluding hydrogens is 250 g/mol. The van der Waals surface area contributed by atoms with Crippen LogP contribution in [-0.4, -0.2) is 48.6 Å². The van der Waals surface area contributed by atoms with Crippen molar-refractivity contribution in [3.8, 4) is 0 Å². The highest BCUT2D eigenvalue weighted by atomic mass is 16.3. The van der Waals surface area contributed by atoms with Gasteiger partial charge in [0.05, 0.1) is 13.1 Å². The Labute approximate surface area is 122 Å². The Bertz CT molecular complexity index is 431. The monoisotopic (exact) mass is 277 g/mol. The molecule has 0 radical (unpaired) electrons. The predicted octanol–water partition coefficient (Wildman–Crippen LogP) is 2.06. The molecule has 0 saturated carbocycles. The minimum absolute atomic E-state index is 0.627. The van der Waals surface area contributed by atoms with Crippen molar-refractivity contribution in [2.75, 3.05) is 26.7 Å². The molecule has 3 rings (SSSR count). The molecule has 0 bridgehead atoms. The highest BCUT2D eigenvalue weighted by Crippen LogP contribution is 2.25. The van der Waals surface area contributed by atoms with Gasteiger partial charge in [-0.25, -0.2) is 0 Å². The smallest absolute Gasteiger partial charge is 0.118 e. The lowest BCUT2D eigenvalue weighted by atomic mass is 9.97. The van der Waals surface area contributed by atoms with Gasteiger partial charge in [-0.1, -0.05) is 6.42 Å². The fourth-order valence-electron chi connectivity index (χ4n) is 3.61. The number of nitrogens with zero attached hydrogens (tertiary/aromatic N) is 2. The molecule has 1 aromatic rings. The Balaban J connectivity index is 1.61. The quantitative estimate of drug-likeness (QED) is 0.913. The normalized spacial score (nSPS) is 28.5. The van der Waals surface area contributed by atoms with E-state index in [2.05, 4.69) is 34.2 Å². The van der Waals surface area contributed by atoms with Crippen LogP contribution in [0.25, 0.3) is 0 Å². The van der Waals surface area contributed by atoms with Crippen molar-refractivity contribution in [3.63, 3.8) is 0 Å². The molecule has 4 nitrogen and oxygen atoms in total. The third-order valence-corrected chi connectivity index (χ3v) is 4.74. The Morgan fingerprint density at radius 2 is 2.10 bits per heavy atom. The number of rotatable bonds is 4. The summed E-state index contributed by atoms with van der Waals surface area (Å²) >= 11 is 0. The Hall–Kier alpha value is -0.840. The highest BCUT2D eigenvalue weighted by molar-refractivity contribution is 5.07. The molecule has 1 N–H and O–H groups in total. The van der Waals surface area contributed by atoms with Crippen LogP contribution < -0.4 is 5.32 Å². The van der Waals surface area contributed by atoms with Crippen LogP contribution in [0.1, 0.15) is 37.7 Å². The number of hydrogen-bond acceptors (Lipinski definition) is 4. The lowest BCUT2D eigenvalue weighted by molar-refractivity contribution is 0.00790. The van der Waals surface area contributed by atoms with Gasteiger partial charge in [0, 0.05) is 25.2 Å². The number of furan rings is 1. The van der Waals surface area contributed by atoms with Crippen molar-refractivity contribution < 1.29 is 4.42 Å². The highest BCUT2D eigenvalue weighted by Gasteiger charge is 2.33. The van der Waals surface area contributed by atoms with Gasteiger partial charge in [0.25, 0.3) is 0 Å². The molecule has 1 aromatic heterocycles. The van der Waals surface area contributed by atoms with E-state index in [1.807, 2.05) is 7.05 Å². The Kier molecular flexibility index (Phi) is 4.44. The van der Waals surface area contributed by atoms with E-state index < -0.39 is 0 Å². The van der Waals surface area contributed by atoms with E-state index in [-0.39, 0.29) is 0 Å². The maximum absolute atomic E-state index is 5.89. The molecule has 0 aromatic carbocycles. The van der Waals surface area contributed by atoms with Gasteiger partial charge >= 0.3 is 0 Å². The molecule has 0 spiro atoms. The van der Waals surface area contributed by atoms with Crippen LogP contribution in [0.4, 0.5) is 0 Å². The molecule has 3 heterocycles. The minimum Gasteiger partial charge on any atom is -0.463 e. The van der Waals surface area contributed by atoms with Crippen molar-refractivity contribution in [3.05, 3.63) is 23.7 Å². The average Bonchev–Trinajstić information content (AvgIpc) is 2.87.